The topological polar surface area (TPSA) is 118 Å². The Morgan fingerprint density at radius 1 is 0.913 bits per heavy atom. The average Bonchev–Trinajstić information content (AvgIpc) is 3.80. The zero-order valence-electron chi connectivity index (χ0n) is 25.1. The number of benzene rings is 3. The lowest BCUT2D eigenvalue weighted by Crippen LogP contribution is -2.42. The summed E-state index contributed by atoms with van der Waals surface area (Å²) in [7, 11) is 1.59. The van der Waals surface area contributed by atoms with E-state index in [-0.39, 0.29) is 70.0 Å². The van der Waals surface area contributed by atoms with Gasteiger partial charge >= 0.3 is 4.87 Å². The number of aryl methyl sites for hydroxylation is 1. The second kappa shape index (κ2) is 11.2. The van der Waals surface area contributed by atoms with Crippen LogP contribution in [0.2, 0.25) is 0 Å². The number of fused-ring (bicyclic) bond motifs is 9. The Morgan fingerprint density at radius 2 is 1.59 bits per heavy atom. The van der Waals surface area contributed by atoms with Crippen LogP contribution >= 0.6 is 23.1 Å². The van der Waals surface area contributed by atoms with Crippen molar-refractivity contribution in [2.24, 2.45) is 29.6 Å². The van der Waals surface area contributed by atoms with Crippen LogP contribution in [-0.4, -0.2) is 41.7 Å². The molecule has 11 heteroatoms. The van der Waals surface area contributed by atoms with E-state index in [1.54, 1.807) is 43.1 Å². The molecule has 3 amide bonds. The molecule has 7 atom stereocenters. The van der Waals surface area contributed by atoms with Crippen molar-refractivity contribution >= 4 is 52.2 Å². The van der Waals surface area contributed by atoms with Crippen LogP contribution in [0.4, 0.5) is 11.4 Å². The van der Waals surface area contributed by atoms with Crippen LogP contribution in [0.3, 0.4) is 0 Å². The van der Waals surface area contributed by atoms with Crippen LogP contribution in [0, 0.1) is 36.5 Å². The van der Waals surface area contributed by atoms with Crippen molar-refractivity contribution < 1.29 is 23.9 Å². The predicted molar refractivity (Wildman–Crippen MR) is 176 cm³/mol. The lowest BCUT2D eigenvalue weighted by Gasteiger charge is -2.43. The number of H-pyrrole nitrogens is 1. The van der Waals surface area contributed by atoms with Gasteiger partial charge in [0.2, 0.25) is 11.8 Å². The van der Waals surface area contributed by atoms with E-state index in [0.29, 0.717) is 22.9 Å². The monoisotopic (exact) mass is 653 g/mol. The summed E-state index contributed by atoms with van der Waals surface area (Å²) in [4.78, 5) is 58.2. The Balaban J connectivity index is 1.04. The Kier molecular flexibility index (Phi) is 7.06. The number of amides is 3. The van der Waals surface area contributed by atoms with E-state index in [2.05, 4.69) is 10.3 Å². The van der Waals surface area contributed by atoms with Gasteiger partial charge in [0.1, 0.15) is 11.5 Å². The van der Waals surface area contributed by atoms with Gasteiger partial charge in [-0.25, -0.2) is 0 Å². The van der Waals surface area contributed by atoms with Gasteiger partial charge in [0.05, 0.1) is 29.7 Å². The second-order valence-electron chi connectivity index (χ2n) is 12.4. The highest BCUT2D eigenvalue weighted by atomic mass is 32.2. The lowest BCUT2D eigenvalue weighted by atomic mass is 9.68. The number of thiazole rings is 1. The van der Waals surface area contributed by atoms with Crippen LogP contribution in [0.5, 0.6) is 11.5 Å². The molecule has 4 aliphatic rings. The van der Waals surface area contributed by atoms with Crippen LogP contribution in [-0.2, 0) is 14.4 Å². The molecule has 2 bridgehead atoms. The largest absolute Gasteiger partial charge is 0.497 e. The molecule has 9 nitrogen and oxygen atoms in total. The fourth-order valence-electron chi connectivity index (χ4n) is 8.13. The zero-order valence-corrected chi connectivity index (χ0v) is 26.7. The number of hydrogen-bond acceptors (Lipinski definition) is 8. The molecule has 234 valence electrons. The molecule has 46 heavy (non-hydrogen) atoms. The highest BCUT2D eigenvalue weighted by molar-refractivity contribution is 8.00. The standard InChI is InChI=1S/C35H31N3O6S2/c1-17-3-9-20(10-4-17)38-33(40)28-23-15-24(29(28)34(38)41)30-27(23)26(31-32(45-30)37-35(42)46-31)18-5-11-22(12-6-18)44-16-25(39)36-19-7-13-21(43-2)14-8-19/h3-14,23-24,26-30H,15-16H2,1-2H3,(H,36,39)(H,37,42)/t23-,24-,26-,27?,28?,29?,30?/m1/s1. The maximum absolute atomic E-state index is 13.9. The minimum absolute atomic E-state index is 0.0346. The molecule has 2 saturated carbocycles. The second-order valence-corrected chi connectivity index (χ2v) is 14.6. The van der Waals surface area contributed by atoms with Crippen LogP contribution < -0.4 is 24.6 Å². The Morgan fingerprint density at radius 3 is 2.28 bits per heavy atom. The van der Waals surface area contributed by atoms with Gasteiger partial charge in [0.25, 0.3) is 5.91 Å². The average molecular weight is 654 g/mol. The van der Waals surface area contributed by atoms with Crippen LogP contribution in [0.25, 0.3) is 0 Å². The first kappa shape index (κ1) is 29.1. The molecular formula is C35H31N3O6S2. The molecule has 0 radical (unpaired) electrons. The van der Waals surface area contributed by atoms with Gasteiger partial charge in [-0.2, -0.15) is 0 Å². The number of ether oxygens (including phenoxy) is 2. The summed E-state index contributed by atoms with van der Waals surface area (Å²) < 4.78 is 11.0. The minimum atomic E-state index is -0.354. The van der Waals surface area contributed by atoms with Crippen molar-refractivity contribution in [2.75, 3.05) is 23.9 Å². The molecule has 3 heterocycles. The summed E-state index contributed by atoms with van der Waals surface area (Å²) >= 11 is 2.90. The minimum Gasteiger partial charge on any atom is -0.497 e. The van der Waals surface area contributed by atoms with Gasteiger partial charge in [-0.05, 0) is 85.2 Å². The number of nitrogens with one attached hydrogen (secondary N) is 2. The van der Waals surface area contributed by atoms with Crippen molar-refractivity contribution in [3.63, 3.8) is 0 Å². The first-order valence-corrected chi connectivity index (χ1v) is 17.0. The number of carbonyl (C=O) groups is 3. The normalized spacial score (nSPS) is 27.3. The maximum Gasteiger partial charge on any atom is 0.305 e. The Bertz CT molecular complexity index is 1900. The van der Waals surface area contributed by atoms with E-state index in [9.17, 15) is 19.2 Å². The molecule has 8 rings (SSSR count). The number of anilines is 2. The third-order valence-corrected chi connectivity index (χ3v) is 12.6. The van der Waals surface area contributed by atoms with E-state index in [0.717, 1.165) is 27.5 Å². The van der Waals surface area contributed by atoms with Crippen molar-refractivity contribution in [2.45, 2.75) is 29.5 Å². The molecule has 3 aromatic carbocycles. The maximum atomic E-state index is 13.9. The van der Waals surface area contributed by atoms with E-state index >= 15 is 0 Å². The number of imide groups is 1. The third-order valence-electron chi connectivity index (χ3n) is 10.00. The summed E-state index contributed by atoms with van der Waals surface area (Å²) in [5, 5.41) is 3.79. The van der Waals surface area contributed by atoms with Crippen molar-refractivity contribution in [3.8, 4) is 11.5 Å². The van der Waals surface area contributed by atoms with Gasteiger partial charge in [-0.15, -0.1) is 11.8 Å². The SMILES string of the molecule is COc1ccc(NC(=O)COc2ccc([C@H]3c4sc(=O)[nH]c4SC4C3[C@H]3C[C@@H]4C4C(=O)N(c5ccc(C)cc5)C(=O)C43)cc2)cc1. The number of carbonyl (C=O) groups excluding carboxylic acids is 3. The van der Waals surface area contributed by atoms with Gasteiger partial charge in [-0.3, -0.25) is 24.1 Å². The summed E-state index contributed by atoms with van der Waals surface area (Å²) in [5.41, 5.74) is 3.38. The number of nitrogens with zero attached hydrogens (tertiary/aromatic N) is 1. The molecule has 4 aromatic rings. The molecule has 2 N–H and O–H groups in total. The Hall–Kier alpha value is -4.35. The molecule has 1 aromatic heterocycles. The van der Waals surface area contributed by atoms with Crippen molar-refractivity contribution in [1.29, 1.82) is 0 Å². The highest BCUT2D eigenvalue weighted by Crippen LogP contribution is 2.68. The van der Waals surface area contributed by atoms with Crippen molar-refractivity contribution in [3.05, 3.63) is 98.5 Å². The first-order valence-electron chi connectivity index (χ1n) is 15.3. The highest BCUT2D eigenvalue weighted by Gasteiger charge is 2.69. The fraction of sp³-hybridized carbons (Fsp3) is 0.314. The van der Waals surface area contributed by atoms with Gasteiger partial charge in [0, 0.05) is 21.7 Å². The van der Waals surface area contributed by atoms with Crippen LogP contribution in [0.1, 0.15) is 28.3 Å². The number of aromatic amines is 1. The van der Waals surface area contributed by atoms with Gasteiger partial charge in [0.15, 0.2) is 6.61 Å². The molecule has 2 aliphatic heterocycles. The lowest BCUT2D eigenvalue weighted by molar-refractivity contribution is -0.123. The summed E-state index contributed by atoms with van der Waals surface area (Å²) in [6.45, 7) is 1.83. The van der Waals surface area contributed by atoms with E-state index in [4.69, 9.17) is 9.47 Å². The van der Waals surface area contributed by atoms with Crippen molar-refractivity contribution in [1.82, 2.24) is 4.98 Å². The van der Waals surface area contributed by atoms with E-state index in [1.165, 1.54) is 16.2 Å². The summed E-state index contributed by atoms with van der Waals surface area (Å²) in [6, 6.07) is 22.3. The Labute approximate surface area is 273 Å². The fourth-order valence-corrected chi connectivity index (χ4v) is 11.0. The molecule has 2 aliphatic carbocycles. The molecule has 4 unspecified atom stereocenters. The summed E-state index contributed by atoms with van der Waals surface area (Å²) in [6.07, 6.45) is 0.830. The number of methoxy groups -OCH3 is 1. The molecular weight excluding hydrogens is 623 g/mol. The zero-order chi connectivity index (χ0) is 31.7. The smallest absolute Gasteiger partial charge is 0.305 e. The van der Waals surface area contributed by atoms with Crippen LogP contribution in [0.15, 0.2) is 82.6 Å². The van der Waals surface area contributed by atoms with E-state index in [1.807, 2.05) is 55.5 Å². The number of thioether (sulfide) groups is 1. The number of rotatable bonds is 7. The molecule has 3 fully saturated rings. The van der Waals surface area contributed by atoms with E-state index < -0.39 is 0 Å². The summed E-state index contributed by atoms with van der Waals surface area (Å²) in [5.74, 6) is 0.196. The van der Waals surface area contributed by atoms with Gasteiger partial charge < -0.3 is 19.8 Å². The third kappa shape index (κ3) is 4.67. The number of hydrogen-bond donors (Lipinski definition) is 2. The first-order chi connectivity index (χ1) is 22.3. The molecule has 1 saturated heterocycles. The number of aromatic nitrogens is 1. The molecule has 0 spiro atoms. The quantitative estimate of drug-likeness (QED) is 0.255. The predicted octanol–water partition coefficient (Wildman–Crippen LogP) is 5.45. The van der Waals surface area contributed by atoms with Gasteiger partial charge in [-0.1, -0.05) is 41.2 Å².